The van der Waals surface area contributed by atoms with E-state index in [1.165, 1.54) is 12.1 Å². The van der Waals surface area contributed by atoms with Gasteiger partial charge in [0.15, 0.2) is 11.6 Å². The molecule has 21 heavy (non-hydrogen) atoms. The number of carboxylic acids is 1. The van der Waals surface area contributed by atoms with Crippen molar-refractivity contribution in [2.45, 2.75) is 13.0 Å². The molecule has 1 aromatic heterocycles. The number of hydrogen-bond donors (Lipinski definition) is 3. The van der Waals surface area contributed by atoms with Crippen LogP contribution in [0.5, 0.6) is 5.75 Å². The van der Waals surface area contributed by atoms with Gasteiger partial charge < -0.3 is 19.7 Å². The Kier molecular flexibility index (Phi) is 4.04. The van der Waals surface area contributed by atoms with Crippen molar-refractivity contribution in [2.24, 2.45) is 4.99 Å². The first-order valence-electron chi connectivity index (χ1n) is 6.07. The first-order valence-corrected chi connectivity index (χ1v) is 6.07. The van der Waals surface area contributed by atoms with Crippen LogP contribution < -0.4 is 5.63 Å². The summed E-state index contributed by atoms with van der Waals surface area (Å²) >= 11 is 0. The number of aromatic hydroxyl groups is 1. The number of phenols is 1. The molecule has 7 nitrogen and oxygen atoms in total. The summed E-state index contributed by atoms with van der Waals surface area (Å²) in [4.78, 5) is 25.9. The SMILES string of the molecule is Cc1cc(=O)oc2c(C=N[C@@H](CO)C(=O)O)c(O)ccc12. The Labute approximate surface area is 118 Å². The molecule has 2 rings (SSSR count). The molecule has 0 bridgehead atoms. The summed E-state index contributed by atoms with van der Waals surface area (Å²) in [7, 11) is 0. The predicted molar refractivity (Wildman–Crippen MR) is 75.0 cm³/mol. The van der Waals surface area contributed by atoms with Crippen molar-refractivity contribution in [1.82, 2.24) is 0 Å². The normalized spacial score (nSPS) is 12.9. The minimum absolute atomic E-state index is 0.0907. The van der Waals surface area contributed by atoms with Gasteiger partial charge in [-0.3, -0.25) is 4.99 Å². The number of phenolic OH excluding ortho intramolecular Hbond substituents is 1. The molecule has 110 valence electrons. The summed E-state index contributed by atoms with van der Waals surface area (Å²) in [5.74, 6) is -1.51. The summed E-state index contributed by atoms with van der Waals surface area (Å²) in [6.07, 6.45) is 1.08. The van der Waals surface area contributed by atoms with Gasteiger partial charge in [0.2, 0.25) is 0 Å². The van der Waals surface area contributed by atoms with E-state index in [0.29, 0.717) is 10.9 Å². The van der Waals surface area contributed by atoms with Crippen LogP contribution in [-0.4, -0.2) is 40.2 Å². The Hall–Kier alpha value is -2.67. The van der Waals surface area contributed by atoms with E-state index in [9.17, 15) is 14.7 Å². The number of carbonyl (C=O) groups is 1. The molecule has 0 saturated heterocycles. The third-order valence-corrected chi connectivity index (χ3v) is 2.98. The second kappa shape index (κ2) is 5.76. The van der Waals surface area contributed by atoms with Gasteiger partial charge in [-0.2, -0.15) is 0 Å². The van der Waals surface area contributed by atoms with E-state index in [1.54, 1.807) is 13.0 Å². The van der Waals surface area contributed by atoms with Crippen LogP contribution in [0.15, 0.2) is 32.4 Å². The summed E-state index contributed by atoms with van der Waals surface area (Å²) in [6.45, 7) is 1.03. The molecule has 1 aromatic carbocycles. The van der Waals surface area contributed by atoms with Crippen LogP contribution in [0.3, 0.4) is 0 Å². The zero-order chi connectivity index (χ0) is 15.6. The molecule has 1 heterocycles. The number of aliphatic imine (C=N–C) groups is 1. The van der Waals surface area contributed by atoms with Gasteiger partial charge in [0.05, 0.1) is 12.2 Å². The number of aliphatic hydroxyl groups excluding tert-OH is 1. The molecule has 0 spiro atoms. The number of hydrogen-bond acceptors (Lipinski definition) is 6. The van der Waals surface area contributed by atoms with Gasteiger partial charge in [0.1, 0.15) is 5.75 Å². The fourth-order valence-electron chi connectivity index (χ4n) is 1.87. The second-order valence-corrected chi connectivity index (χ2v) is 4.44. The summed E-state index contributed by atoms with van der Waals surface area (Å²) < 4.78 is 5.06. The van der Waals surface area contributed by atoms with Gasteiger partial charge in [0.25, 0.3) is 0 Å². The third-order valence-electron chi connectivity index (χ3n) is 2.98. The number of carboxylic acid groups (broad SMARTS) is 1. The van der Waals surface area contributed by atoms with Crippen LogP contribution in [-0.2, 0) is 4.79 Å². The van der Waals surface area contributed by atoms with E-state index in [4.69, 9.17) is 14.6 Å². The minimum Gasteiger partial charge on any atom is -0.507 e. The highest BCUT2D eigenvalue weighted by Crippen LogP contribution is 2.26. The maximum atomic E-state index is 11.4. The van der Waals surface area contributed by atoms with E-state index in [1.807, 2.05) is 0 Å². The monoisotopic (exact) mass is 291 g/mol. The van der Waals surface area contributed by atoms with Crippen molar-refractivity contribution in [3.63, 3.8) is 0 Å². The topological polar surface area (TPSA) is 120 Å². The molecule has 1 atom stereocenters. The second-order valence-electron chi connectivity index (χ2n) is 4.44. The Balaban J connectivity index is 2.63. The highest BCUT2D eigenvalue weighted by atomic mass is 16.4. The van der Waals surface area contributed by atoms with Crippen molar-refractivity contribution in [1.29, 1.82) is 0 Å². The minimum atomic E-state index is -1.35. The first-order chi connectivity index (χ1) is 9.93. The maximum Gasteiger partial charge on any atom is 0.336 e. The number of aliphatic hydroxyl groups is 1. The average molecular weight is 291 g/mol. The number of aliphatic carboxylic acids is 1. The molecular formula is C14H13NO6. The van der Waals surface area contributed by atoms with Crippen molar-refractivity contribution >= 4 is 23.2 Å². The maximum absolute atomic E-state index is 11.4. The van der Waals surface area contributed by atoms with Crippen molar-refractivity contribution in [3.8, 4) is 5.75 Å². The molecule has 7 heteroatoms. The lowest BCUT2D eigenvalue weighted by atomic mass is 10.1. The molecule has 0 saturated carbocycles. The van der Waals surface area contributed by atoms with Gasteiger partial charge >= 0.3 is 11.6 Å². The van der Waals surface area contributed by atoms with Gasteiger partial charge in [-0.1, -0.05) is 0 Å². The zero-order valence-electron chi connectivity index (χ0n) is 11.1. The number of nitrogens with zero attached hydrogens (tertiary/aromatic N) is 1. The highest BCUT2D eigenvalue weighted by Gasteiger charge is 2.15. The van der Waals surface area contributed by atoms with E-state index >= 15 is 0 Å². The molecule has 0 fully saturated rings. The van der Waals surface area contributed by atoms with Crippen LogP contribution >= 0.6 is 0 Å². The molecular weight excluding hydrogens is 278 g/mol. The van der Waals surface area contributed by atoms with Crippen molar-refractivity contribution in [3.05, 3.63) is 39.7 Å². The summed E-state index contributed by atoms with van der Waals surface area (Å²) in [5, 5.41) is 28.2. The Bertz CT molecular complexity index is 777. The fourth-order valence-corrected chi connectivity index (χ4v) is 1.87. The number of fused-ring (bicyclic) bond motifs is 1. The van der Waals surface area contributed by atoms with Crippen molar-refractivity contribution < 1.29 is 24.5 Å². The Morgan fingerprint density at radius 3 is 2.81 bits per heavy atom. The molecule has 3 N–H and O–H groups in total. The van der Waals surface area contributed by atoms with Crippen LogP contribution in [0.1, 0.15) is 11.1 Å². The molecule has 0 aliphatic heterocycles. The Morgan fingerprint density at radius 1 is 1.48 bits per heavy atom. The molecule has 0 unspecified atom stereocenters. The van der Waals surface area contributed by atoms with E-state index in [-0.39, 0.29) is 16.9 Å². The number of rotatable bonds is 4. The van der Waals surface area contributed by atoms with Gasteiger partial charge in [-0.05, 0) is 24.6 Å². The van der Waals surface area contributed by atoms with Gasteiger partial charge in [0, 0.05) is 17.7 Å². The summed E-state index contributed by atoms with van der Waals surface area (Å²) in [5.41, 5.74) is 0.281. The van der Waals surface area contributed by atoms with Crippen LogP contribution in [0, 0.1) is 6.92 Å². The molecule has 0 radical (unpaired) electrons. The molecule has 0 aliphatic carbocycles. The first kappa shape index (κ1) is 14.7. The highest BCUT2D eigenvalue weighted by molar-refractivity contribution is 6.00. The largest absolute Gasteiger partial charge is 0.507 e. The van der Waals surface area contributed by atoms with Crippen LogP contribution in [0.25, 0.3) is 11.0 Å². The van der Waals surface area contributed by atoms with Crippen LogP contribution in [0.4, 0.5) is 0 Å². The zero-order valence-corrected chi connectivity index (χ0v) is 11.1. The molecule has 2 aromatic rings. The lowest BCUT2D eigenvalue weighted by Crippen LogP contribution is -2.22. The molecule has 0 amide bonds. The van der Waals surface area contributed by atoms with Crippen LogP contribution in [0.2, 0.25) is 0 Å². The van der Waals surface area contributed by atoms with Crippen molar-refractivity contribution in [2.75, 3.05) is 6.61 Å². The predicted octanol–water partition coefficient (Wildman–Crippen LogP) is 0.671. The van der Waals surface area contributed by atoms with E-state index in [0.717, 1.165) is 6.21 Å². The average Bonchev–Trinajstić information content (AvgIpc) is 2.40. The number of aryl methyl sites for hydroxylation is 1. The Morgan fingerprint density at radius 2 is 2.19 bits per heavy atom. The quantitative estimate of drug-likeness (QED) is 0.562. The smallest absolute Gasteiger partial charge is 0.336 e. The van der Waals surface area contributed by atoms with E-state index < -0.39 is 24.2 Å². The third kappa shape index (κ3) is 2.92. The van der Waals surface area contributed by atoms with E-state index in [2.05, 4.69) is 4.99 Å². The summed E-state index contributed by atoms with van der Waals surface area (Å²) in [6, 6.07) is 2.94. The standard InChI is InChI=1S/C14H13NO6/c1-7-4-12(18)21-13-8(7)2-3-11(17)9(13)5-15-10(6-16)14(19)20/h2-5,10,16-17H,6H2,1H3,(H,19,20)/t10-/m0/s1. The lowest BCUT2D eigenvalue weighted by Gasteiger charge is -2.06. The fraction of sp³-hybridized carbons (Fsp3) is 0.214. The van der Waals surface area contributed by atoms with Gasteiger partial charge in [-0.25, -0.2) is 9.59 Å². The lowest BCUT2D eigenvalue weighted by molar-refractivity contribution is -0.139. The molecule has 0 aliphatic rings. The van der Waals surface area contributed by atoms with Gasteiger partial charge in [-0.15, -0.1) is 0 Å². The number of benzene rings is 1.